The van der Waals surface area contributed by atoms with Crippen LogP contribution in [0.5, 0.6) is 0 Å². The molecular formula is C38H52N4. The molecule has 4 heteroatoms. The van der Waals surface area contributed by atoms with Gasteiger partial charge in [-0.1, -0.05) is 69.0 Å². The van der Waals surface area contributed by atoms with Crippen LogP contribution < -0.4 is 4.90 Å². The molecule has 0 spiro atoms. The Bertz CT molecular complexity index is 1410. The highest BCUT2D eigenvalue weighted by Crippen LogP contribution is 2.34. The molecule has 42 heavy (non-hydrogen) atoms. The van der Waals surface area contributed by atoms with Crippen molar-refractivity contribution in [3.05, 3.63) is 107 Å². The monoisotopic (exact) mass is 564 g/mol. The Balaban J connectivity index is 1.82. The van der Waals surface area contributed by atoms with Gasteiger partial charge in [-0.3, -0.25) is 4.98 Å². The van der Waals surface area contributed by atoms with Crippen LogP contribution in [0.15, 0.2) is 73.4 Å². The van der Waals surface area contributed by atoms with Gasteiger partial charge in [0, 0.05) is 42.1 Å². The molecular weight excluding hydrogens is 512 g/mol. The maximum Gasteiger partial charge on any atom is 0.129 e. The molecule has 0 bridgehead atoms. The van der Waals surface area contributed by atoms with E-state index in [0.29, 0.717) is 0 Å². The van der Waals surface area contributed by atoms with Crippen LogP contribution in [-0.4, -0.2) is 40.0 Å². The van der Waals surface area contributed by atoms with Crippen LogP contribution in [0, 0.1) is 20.8 Å². The zero-order chi connectivity index (χ0) is 31.2. The lowest BCUT2D eigenvalue weighted by Gasteiger charge is -2.49. The Morgan fingerprint density at radius 2 is 1.74 bits per heavy atom. The highest BCUT2D eigenvalue weighted by Gasteiger charge is 2.36. The number of hydrogen-bond acceptors (Lipinski definition) is 4. The third-order valence-electron chi connectivity index (χ3n) is 8.33. The van der Waals surface area contributed by atoms with Crippen molar-refractivity contribution in [2.45, 2.75) is 87.1 Å². The van der Waals surface area contributed by atoms with Crippen molar-refractivity contribution in [2.24, 2.45) is 0 Å². The van der Waals surface area contributed by atoms with Gasteiger partial charge >= 0.3 is 0 Å². The summed E-state index contributed by atoms with van der Waals surface area (Å²) >= 11 is 0. The number of anilines is 1. The molecule has 0 atom stereocenters. The average Bonchev–Trinajstić information content (AvgIpc) is 2.93. The van der Waals surface area contributed by atoms with Crippen LogP contribution in [-0.2, 0) is 0 Å². The van der Waals surface area contributed by atoms with Gasteiger partial charge in [0.1, 0.15) is 5.82 Å². The van der Waals surface area contributed by atoms with E-state index in [4.69, 9.17) is 9.97 Å². The van der Waals surface area contributed by atoms with Gasteiger partial charge in [-0.05, 0) is 103 Å². The molecule has 1 aliphatic rings. The number of nitrogens with zero attached hydrogens (tertiary/aromatic N) is 4. The third-order valence-corrected chi connectivity index (χ3v) is 8.33. The van der Waals surface area contributed by atoms with Gasteiger partial charge in [0.2, 0.25) is 0 Å². The normalized spacial score (nSPS) is 16.1. The van der Waals surface area contributed by atoms with Crippen molar-refractivity contribution >= 4 is 22.7 Å². The largest absolute Gasteiger partial charge is 0.362 e. The molecule has 224 valence electrons. The van der Waals surface area contributed by atoms with Crippen LogP contribution >= 0.6 is 0 Å². The highest BCUT2D eigenvalue weighted by molar-refractivity contribution is 5.83. The molecule has 0 unspecified atom stereocenters. The van der Waals surface area contributed by atoms with Gasteiger partial charge in [-0.15, -0.1) is 0 Å². The van der Waals surface area contributed by atoms with E-state index in [9.17, 15) is 0 Å². The van der Waals surface area contributed by atoms with Gasteiger partial charge < -0.3 is 9.80 Å². The lowest BCUT2D eigenvalue weighted by atomic mass is 9.94. The van der Waals surface area contributed by atoms with E-state index in [2.05, 4.69) is 128 Å². The van der Waals surface area contributed by atoms with Crippen molar-refractivity contribution in [3.63, 3.8) is 0 Å². The quantitative estimate of drug-likeness (QED) is 0.254. The van der Waals surface area contributed by atoms with Gasteiger partial charge in [-0.25, -0.2) is 4.98 Å². The maximum atomic E-state index is 5.07. The van der Waals surface area contributed by atoms with Gasteiger partial charge in [0.15, 0.2) is 0 Å². The van der Waals surface area contributed by atoms with Crippen LogP contribution in [0.3, 0.4) is 0 Å². The van der Waals surface area contributed by atoms with E-state index in [-0.39, 0.29) is 5.54 Å². The molecule has 1 aliphatic heterocycles. The van der Waals surface area contributed by atoms with Gasteiger partial charge in [-0.2, -0.15) is 0 Å². The second-order valence-corrected chi connectivity index (χ2v) is 12.3. The molecule has 1 fully saturated rings. The fraction of sp³-hybridized carbons (Fsp3) is 0.421. The summed E-state index contributed by atoms with van der Waals surface area (Å²) in [5.41, 5.74) is 12.0. The van der Waals surface area contributed by atoms with Crippen molar-refractivity contribution in [3.8, 4) is 0 Å². The number of hydrogen-bond donors (Lipinski definition) is 0. The molecule has 3 heterocycles. The summed E-state index contributed by atoms with van der Waals surface area (Å²) in [5.74, 6) is 1.03. The zero-order valence-electron chi connectivity index (χ0n) is 27.7. The first-order valence-corrected chi connectivity index (χ1v) is 15.3. The number of unbranched alkanes of at least 4 members (excludes halogenated alkanes) is 1. The number of allylic oxidation sites excluding steroid dienone is 8. The van der Waals surface area contributed by atoms with Crippen molar-refractivity contribution < 1.29 is 0 Å². The summed E-state index contributed by atoms with van der Waals surface area (Å²) in [6.45, 7) is 34.8. The molecule has 0 amide bonds. The first-order chi connectivity index (χ1) is 19.8. The Labute approximate surface area is 256 Å². The molecule has 1 saturated heterocycles. The predicted molar refractivity (Wildman–Crippen MR) is 185 cm³/mol. The minimum absolute atomic E-state index is 0.144. The third kappa shape index (κ3) is 7.40. The Hall–Kier alpha value is -3.66. The van der Waals surface area contributed by atoms with E-state index in [1.165, 1.54) is 29.5 Å². The fourth-order valence-corrected chi connectivity index (χ4v) is 6.13. The number of rotatable bonds is 11. The smallest absolute Gasteiger partial charge is 0.129 e. The average molecular weight is 565 g/mol. The molecule has 2 aromatic rings. The first kappa shape index (κ1) is 32.8. The summed E-state index contributed by atoms with van der Waals surface area (Å²) in [6.07, 6.45) is 12.1. The first-order valence-electron chi connectivity index (χ1n) is 15.3. The second-order valence-electron chi connectivity index (χ2n) is 12.3. The van der Waals surface area contributed by atoms with Crippen LogP contribution in [0.25, 0.3) is 16.8 Å². The Morgan fingerprint density at radius 3 is 2.29 bits per heavy atom. The van der Waals surface area contributed by atoms with Crippen LogP contribution in [0.4, 0.5) is 5.82 Å². The minimum atomic E-state index is -0.144. The SMILES string of the molecule is C=CC(=C\C=C(/C)CCCC)/C(=C/C)c1ccc(C(=C)N2CCN(c3cc(C)c(C(=C)C)c(C)n3)CC2(C)C)nc1C. The Kier molecular flexibility index (Phi) is 11.0. The summed E-state index contributed by atoms with van der Waals surface area (Å²) in [4.78, 5) is 14.8. The van der Waals surface area contributed by atoms with Crippen molar-refractivity contribution in [1.29, 1.82) is 0 Å². The van der Waals surface area contributed by atoms with Crippen molar-refractivity contribution in [1.82, 2.24) is 14.9 Å². The lowest BCUT2D eigenvalue weighted by molar-refractivity contribution is 0.178. The number of aryl methyl sites for hydroxylation is 3. The van der Waals surface area contributed by atoms with E-state index < -0.39 is 0 Å². The number of aromatic nitrogens is 2. The number of piperazine rings is 1. The van der Waals surface area contributed by atoms with E-state index in [0.717, 1.165) is 76.9 Å². The molecule has 4 nitrogen and oxygen atoms in total. The molecule has 0 saturated carbocycles. The van der Waals surface area contributed by atoms with Crippen LogP contribution in [0.1, 0.15) is 94.6 Å². The standard InChI is InChI=1S/C38H52N4/c1-13-16-17-27(6)18-19-32(14-2)33(15-3)34-20-21-35(39-29(34)8)31(10)42-23-22-41(25-38(42,11)12)36-24-28(7)37(26(4)5)30(9)40-36/h14-15,18-21,24H,2,4,10,13,16-17,22-23,25H2,1,3,5-9,11-12H3/b27-18+,32-19+,33-15-. The minimum Gasteiger partial charge on any atom is -0.362 e. The molecule has 0 N–H and O–H groups in total. The van der Waals surface area contributed by atoms with Crippen molar-refractivity contribution in [2.75, 3.05) is 24.5 Å². The number of pyridine rings is 2. The molecule has 3 rings (SSSR count). The molecule has 0 aliphatic carbocycles. The predicted octanol–water partition coefficient (Wildman–Crippen LogP) is 9.66. The molecule has 0 aromatic carbocycles. The molecule has 0 radical (unpaired) electrons. The summed E-state index contributed by atoms with van der Waals surface area (Å²) < 4.78 is 0. The van der Waals surface area contributed by atoms with E-state index in [1.807, 2.05) is 6.08 Å². The Morgan fingerprint density at radius 1 is 1.02 bits per heavy atom. The lowest BCUT2D eigenvalue weighted by Crippen LogP contribution is -2.58. The van der Waals surface area contributed by atoms with E-state index >= 15 is 0 Å². The summed E-state index contributed by atoms with van der Waals surface area (Å²) in [5, 5.41) is 0. The van der Waals surface area contributed by atoms with E-state index in [1.54, 1.807) is 0 Å². The maximum absolute atomic E-state index is 5.07. The van der Waals surface area contributed by atoms with Crippen LogP contribution in [0.2, 0.25) is 0 Å². The summed E-state index contributed by atoms with van der Waals surface area (Å²) in [7, 11) is 0. The molecule has 2 aromatic heterocycles. The topological polar surface area (TPSA) is 32.3 Å². The van der Waals surface area contributed by atoms with Gasteiger partial charge in [0.05, 0.1) is 16.9 Å². The fourth-order valence-electron chi connectivity index (χ4n) is 6.13. The highest BCUT2D eigenvalue weighted by atomic mass is 15.3. The summed E-state index contributed by atoms with van der Waals surface area (Å²) in [6, 6.07) is 6.50. The van der Waals surface area contributed by atoms with Gasteiger partial charge in [0.25, 0.3) is 0 Å². The zero-order valence-corrected chi connectivity index (χ0v) is 27.7. The second kappa shape index (κ2) is 14.0.